The minimum Gasteiger partial charge on any atom is -0.394 e. The van der Waals surface area contributed by atoms with Crippen molar-refractivity contribution in [2.24, 2.45) is 11.7 Å². The summed E-state index contributed by atoms with van der Waals surface area (Å²) in [5, 5.41) is 29.3. The molecule has 0 fully saturated rings. The molecule has 3 atom stereocenters. The highest BCUT2D eigenvalue weighted by Gasteiger charge is 2.29. The molecule has 1 aromatic rings. The molecule has 0 aromatic heterocycles. The van der Waals surface area contributed by atoms with Gasteiger partial charge in [-0.2, -0.15) is 0 Å². The van der Waals surface area contributed by atoms with Gasteiger partial charge in [0.2, 0.25) is 17.7 Å². The summed E-state index contributed by atoms with van der Waals surface area (Å²) in [4.78, 5) is 74.6. The third-order valence-corrected chi connectivity index (χ3v) is 6.96. The zero-order valence-corrected chi connectivity index (χ0v) is 25.2. The van der Waals surface area contributed by atoms with Crippen LogP contribution in [-0.2, 0) is 30.4 Å². The molecule has 14 nitrogen and oxygen atoms in total. The number of urea groups is 1. The van der Waals surface area contributed by atoms with Crippen LogP contribution in [0.1, 0.15) is 57.9 Å². The number of anilines is 1. The van der Waals surface area contributed by atoms with Crippen LogP contribution in [0, 0.1) is 5.92 Å². The van der Waals surface area contributed by atoms with Crippen LogP contribution in [0.3, 0.4) is 0 Å². The lowest BCUT2D eigenvalue weighted by Gasteiger charge is -2.25. The van der Waals surface area contributed by atoms with E-state index in [4.69, 9.17) is 10.8 Å². The maximum atomic E-state index is 13.3. The Morgan fingerprint density at radius 1 is 0.909 bits per heavy atom. The number of aliphatic hydroxyl groups excluding tert-OH is 2. The van der Waals surface area contributed by atoms with Gasteiger partial charge in [-0.05, 0) is 49.3 Å². The maximum absolute atomic E-state index is 13.3. The number of primary amides is 1. The predicted molar refractivity (Wildman–Crippen MR) is 162 cm³/mol. The van der Waals surface area contributed by atoms with Crippen molar-refractivity contribution in [1.82, 2.24) is 20.9 Å². The fraction of sp³-hybridized carbons (Fsp3) is 0.533. The Hall–Kier alpha value is -4.30. The zero-order valence-electron chi connectivity index (χ0n) is 25.2. The van der Waals surface area contributed by atoms with E-state index in [1.54, 1.807) is 38.1 Å². The van der Waals surface area contributed by atoms with Crippen LogP contribution in [0.2, 0.25) is 0 Å². The van der Waals surface area contributed by atoms with Gasteiger partial charge in [0.15, 0.2) is 0 Å². The van der Waals surface area contributed by atoms with Crippen LogP contribution in [0.15, 0.2) is 36.4 Å². The maximum Gasteiger partial charge on any atom is 0.312 e. The second-order valence-electron chi connectivity index (χ2n) is 11.0. The molecule has 242 valence electrons. The first-order chi connectivity index (χ1) is 20.9. The molecule has 1 unspecified atom stereocenters. The number of hydrogen-bond acceptors (Lipinski definition) is 8. The number of imide groups is 1. The number of benzene rings is 1. The van der Waals surface area contributed by atoms with Gasteiger partial charge in [-0.25, -0.2) is 4.79 Å². The predicted octanol–water partition coefficient (Wildman–Crippen LogP) is 0.0803. The van der Waals surface area contributed by atoms with Crippen molar-refractivity contribution in [2.45, 2.75) is 77.0 Å². The van der Waals surface area contributed by atoms with E-state index < -0.39 is 36.0 Å². The van der Waals surface area contributed by atoms with Gasteiger partial charge in [0.1, 0.15) is 12.1 Å². The van der Waals surface area contributed by atoms with E-state index in [2.05, 4.69) is 21.3 Å². The molecule has 0 spiro atoms. The summed E-state index contributed by atoms with van der Waals surface area (Å²) in [5.74, 6) is -2.36. The Labute approximate surface area is 256 Å². The first-order valence-electron chi connectivity index (χ1n) is 14.8. The van der Waals surface area contributed by atoms with Gasteiger partial charge in [-0.15, -0.1) is 0 Å². The third-order valence-electron chi connectivity index (χ3n) is 6.96. The van der Waals surface area contributed by atoms with Crippen LogP contribution in [0.5, 0.6) is 0 Å². The molecule has 8 N–H and O–H groups in total. The number of aliphatic hydroxyl groups is 2. The molecule has 0 saturated carbocycles. The first-order valence-corrected chi connectivity index (χ1v) is 14.8. The van der Waals surface area contributed by atoms with Crippen LogP contribution in [0.4, 0.5) is 10.5 Å². The lowest BCUT2D eigenvalue weighted by molar-refractivity contribution is -0.137. The van der Waals surface area contributed by atoms with Gasteiger partial charge in [-0.3, -0.25) is 28.9 Å². The number of nitrogens with zero attached hydrogens (tertiary/aromatic N) is 1. The van der Waals surface area contributed by atoms with Gasteiger partial charge < -0.3 is 37.2 Å². The number of nitrogens with two attached hydrogens (primary N) is 1. The lowest BCUT2D eigenvalue weighted by atomic mass is 10.0. The second kappa shape index (κ2) is 18.4. The van der Waals surface area contributed by atoms with Crippen LogP contribution >= 0.6 is 0 Å². The zero-order chi connectivity index (χ0) is 32.6. The van der Waals surface area contributed by atoms with E-state index >= 15 is 0 Å². The Morgan fingerprint density at radius 3 is 2.16 bits per heavy atom. The van der Waals surface area contributed by atoms with Crippen molar-refractivity contribution in [3.63, 3.8) is 0 Å². The van der Waals surface area contributed by atoms with Gasteiger partial charge in [0, 0.05) is 43.8 Å². The van der Waals surface area contributed by atoms with E-state index in [0.29, 0.717) is 31.4 Å². The van der Waals surface area contributed by atoms with E-state index in [0.717, 1.165) is 10.5 Å². The third kappa shape index (κ3) is 12.5. The Balaban J connectivity index is 1.94. The number of nitrogens with one attached hydrogen (secondary N) is 4. The molecule has 0 saturated heterocycles. The molecule has 1 aromatic carbocycles. The van der Waals surface area contributed by atoms with Crippen LogP contribution in [-0.4, -0.2) is 88.6 Å². The molecule has 0 aliphatic carbocycles. The molecule has 7 amide bonds. The lowest BCUT2D eigenvalue weighted by Crippen LogP contribution is -2.54. The average Bonchev–Trinajstić information content (AvgIpc) is 3.29. The van der Waals surface area contributed by atoms with Gasteiger partial charge in [0.25, 0.3) is 11.8 Å². The normalized spacial score (nSPS) is 14.7. The molecule has 14 heteroatoms. The fourth-order valence-electron chi connectivity index (χ4n) is 4.50. The molecular formula is C30H44N6O8. The van der Waals surface area contributed by atoms with Gasteiger partial charge in [-0.1, -0.05) is 32.4 Å². The summed E-state index contributed by atoms with van der Waals surface area (Å²) in [6, 6.07) is 4.07. The fourth-order valence-corrected chi connectivity index (χ4v) is 4.50. The summed E-state index contributed by atoms with van der Waals surface area (Å²) in [5.41, 5.74) is 6.33. The number of amides is 7. The number of carbonyl (C=O) groups excluding carboxylic acids is 6. The van der Waals surface area contributed by atoms with Crippen LogP contribution < -0.4 is 27.0 Å². The molecule has 0 bridgehead atoms. The van der Waals surface area contributed by atoms with E-state index in [-0.39, 0.29) is 62.6 Å². The van der Waals surface area contributed by atoms with Crippen molar-refractivity contribution in [3.8, 4) is 0 Å². The second-order valence-corrected chi connectivity index (χ2v) is 11.0. The first kappa shape index (κ1) is 35.9. The average molecular weight is 617 g/mol. The number of unbranched alkanes of at least 4 members (excludes halogenated alkanes) is 2. The van der Waals surface area contributed by atoms with E-state index in [1.807, 2.05) is 0 Å². The highest BCUT2D eigenvalue weighted by atomic mass is 16.3. The standard InChI is InChI=1S/C30H44N6O8/c1-19(2)27(35-24(39)8-4-3-5-16-36-25(40)13-14-26(36)41)29(43)34-23(7-6-15-32-30(31)44)28(42)33-21-11-9-20(10-12-21)17-22(38)18-37/h9-14,19,22-23,27,37-38H,3-8,15-18H2,1-2H3,(H,33,42)(H,34,43)(H,35,39)(H3,31,32,44)/t22?,23-,27-/m0/s1. The molecule has 0 radical (unpaired) electrons. The molecule has 2 rings (SSSR count). The van der Waals surface area contributed by atoms with Crippen molar-refractivity contribution in [2.75, 3.05) is 25.0 Å². The van der Waals surface area contributed by atoms with Crippen LogP contribution in [0.25, 0.3) is 0 Å². The summed E-state index contributed by atoms with van der Waals surface area (Å²) in [6.45, 7) is 3.63. The molecular weight excluding hydrogens is 572 g/mol. The smallest absolute Gasteiger partial charge is 0.312 e. The Bertz CT molecular complexity index is 1170. The summed E-state index contributed by atoms with van der Waals surface area (Å²) in [7, 11) is 0. The van der Waals surface area contributed by atoms with Crippen molar-refractivity contribution >= 4 is 41.3 Å². The van der Waals surface area contributed by atoms with Crippen molar-refractivity contribution in [3.05, 3.63) is 42.0 Å². The summed E-state index contributed by atoms with van der Waals surface area (Å²) in [6.07, 6.45) is 4.11. The van der Waals surface area contributed by atoms with Crippen molar-refractivity contribution in [1.29, 1.82) is 0 Å². The summed E-state index contributed by atoms with van der Waals surface area (Å²) >= 11 is 0. The van der Waals surface area contributed by atoms with Crippen molar-refractivity contribution < 1.29 is 39.0 Å². The topological polar surface area (TPSA) is 220 Å². The highest BCUT2D eigenvalue weighted by Crippen LogP contribution is 2.14. The quantitative estimate of drug-likeness (QED) is 0.0831. The minimum atomic E-state index is -0.989. The molecule has 44 heavy (non-hydrogen) atoms. The SMILES string of the molecule is CC(C)[C@H](NC(=O)CCCCCN1C(=O)C=CC1=O)C(=O)N[C@@H](CCCNC(N)=O)C(=O)Nc1ccc(CC(O)CO)cc1. The number of carbonyl (C=O) groups is 6. The van der Waals surface area contributed by atoms with Gasteiger partial charge in [0.05, 0.1) is 12.7 Å². The van der Waals surface area contributed by atoms with E-state index in [1.165, 1.54) is 12.2 Å². The molecule has 1 aliphatic rings. The highest BCUT2D eigenvalue weighted by molar-refractivity contribution is 6.12. The largest absolute Gasteiger partial charge is 0.394 e. The number of hydrogen-bond donors (Lipinski definition) is 7. The Morgan fingerprint density at radius 2 is 1.57 bits per heavy atom. The Kier molecular flexibility index (Phi) is 15.0. The number of rotatable bonds is 19. The van der Waals surface area contributed by atoms with Gasteiger partial charge >= 0.3 is 6.03 Å². The monoisotopic (exact) mass is 616 g/mol. The minimum absolute atomic E-state index is 0.144. The molecule has 1 heterocycles. The molecule has 1 aliphatic heterocycles. The summed E-state index contributed by atoms with van der Waals surface area (Å²) < 4.78 is 0. The van der Waals surface area contributed by atoms with E-state index in [9.17, 15) is 33.9 Å².